The van der Waals surface area contributed by atoms with Crippen LogP contribution in [0.2, 0.25) is 5.02 Å². The lowest BCUT2D eigenvalue weighted by Gasteiger charge is -2.41. The van der Waals surface area contributed by atoms with Gasteiger partial charge in [0.15, 0.2) is 0 Å². The van der Waals surface area contributed by atoms with Gasteiger partial charge in [-0.2, -0.15) is 0 Å². The molecule has 8 nitrogen and oxygen atoms in total. The largest absolute Gasteiger partial charge is 0.496 e. The summed E-state index contributed by atoms with van der Waals surface area (Å²) in [7, 11) is 3.48. The highest BCUT2D eigenvalue weighted by molar-refractivity contribution is 7.12. The number of amides is 1. The molecule has 0 unspecified atom stereocenters. The van der Waals surface area contributed by atoms with Crippen molar-refractivity contribution >= 4 is 51.8 Å². The number of benzene rings is 1. The lowest BCUT2D eigenvalue weighted by Crippen LogP contribution is -2.47. The second-order valence-corrected chi connectivity index (χ2v) is 12.6. The highest BCUT2D eigenvalue weighted by Gasteiger charge is 2.47. The molecular formula is C29H35ClN2O6S2. The van der Waals surface area contributed by atoms with E-state index in [1.807, 2.05) is 36.9 Å². The highest BCUT2D eigenvalue weighted by atomic mass is 35.5. The van der Waals surface area contributed by atoms with Crippen molar-refractivity contribution in [1.82, 2.24) is 4.90 Å². The Balaban J connectivity index is 1.30. The predicted octanol–water partition coefficient (Wildman–Crippen LogP) is 5.40. The normalized spacial score (nSPS) is 19.4. The van der Waals surface area contributed by atoms with Crippen LogP contribution < -0.4 is 10.1 Å². The Bertz CT molecular complexity index is 1260. The van der Waals surface area contributed by atoms with Gasteiger partial charge >= 0.3 is 5.97 Å². The molecule has 0 saturated heterocycles. The summed E-state index contributed by atoms with van der Waals surface area (Å²) in [5.74, 6) is -0.372. The molecule has 216 valence electrons. The molecule has 2 heterocycles. The molecule has 1 aliphatic carbocycles. The minimum atomic E-state index is -1.82. The topological polar surface area (TPSA) is 108 Å². The fourth-order valence-electron chi connectivity index (χ4n) is 5.02. The van der Waals surface area contributed by atoms with Crippen LogP contribution in [0.4, 0.5) is 5.69 Å². The Morgan fingerprint density at radius 2 is 1.80 bits per heavy atom. The highest BCUT2D eigenvalue weighted by Crippen LogP contribution is 2.40. The molecule has 1 aliphatic rings. The van der Waals surface area contributed by atoms with E-state index in [0.717, 1.165) is 12.8 Å². The van der Waals surface area contributed by atoms with Gasteiger partial charge in [0.05, 0.1) is 34.2 Å². The van der Waals surface area contributed by atoms with E-state index in [4.69, 9.17) is 21.1 Å². The third-order valence-corrected chi connectivity index (χ3v) is 9.80. The van der Waals surface area contributed by atoms with E-state index in [-0.39, 0.29) is 25.0 Å². The number of hydrogen-bond donors (Lipinski definition) is 3. The van der Waals surface area contributed by atoms with Crippen LogP contribution in [0.5, 0.6) is 5.75 Å². The maximum Gasteiger partial charge on any atom is 0.349 e. The average Bonchev–Trinajstić information content (AvgIpc) is 3.68. The molecule has 3 N–H and O–H groups in total. The van der Waals surface area contributed by atoms with E-state index in [2.05, 4.69) is 10.2 Å². The van der Waals surface area contributed by atoms with Gasteiger partial charge < -0.3 is 29.9 Å². The molecule has 2 aromatic heterocycles. The maximum absolute atomic E-state index is 13.4. The van der Waals surface area contributed by atoms with Crippen molar-refractivity contribution in [1.29, 1.82) is 0 Å². The summed E-state index contributed by atoms with van der Waals surface area (Å²) in [6, 6.07) is 10.6. The van der Waals surface area contributed by atoms with Gasteiger partial charge in [-0.05, 0) is 68.6 Å². The van der Waals surface area contributed by atoms with Gasteiger partial charge in [0.25, 0.3) is 0 Å². The van der Waals surface area contributed by atoms with Gasteiger partial charge in [0, 0.05) is 30.6 Å². The van der Waals surface area contributed by atoms with Crippen molar-refractivity contribution in [3.8, 4) is 5.75 Å². The van der Waals surface area contributed by atoms with E-state index >= 15 is 0 Å². The van der Waals surface area contributed by atoms with E-state index in [1.165, 1.54) is 29.8 Å². The zero-order chi connectivity index (χ0) is 28.9. The summed E-state index contributed by atoms with van der Waals surface area (Å²) in [5, 5.41) is 27.8. The van der Waals surface area contributed by atoms with Crippen LogP contribution in [-0.2, 0) is 26.5 Å². The van der Waals surface area contributed by atoms with Gasteiger partial charge in [0.2, 0.25) is 11.5 Å². The third-order valence-electron chi connectivity index (χ3n) is 7.53. The number of nitrogens with zero attached hydrogens (tertiary/aromatic N) is 1. The Hall–Kier alpha value is -2.47. The van der Waals surface area contributed by atoms with Crippen molar-refractivity contribution in [2.24, 2.45) is 0 Å². The molecule has 0 aliphatic heterocycles. The molecule has 11 heteroatoms. The zero-order valence-electron chi connectivity index (χ0n) is 22.8. The minimum absolute atomic E-state index is 0.177. The second-order valence-electron chi connectivity index (χ2n) is 10.3. The maximum atomic E-state index is 13.4. The van der Waals surface area contributed by atoms with E-state index in [1.54, 1.807) is 24.3 Å². The number of aliphatic hydroxyl groups is 2. The van der Waals surface area contributed by atoms with Crippen LogP contribution in [0.25, 0.3) is 0 Å². The Morgan fingerprint density at radius 1 is 1.18 bits per heavy atom. The summed E-state index contributed by atoms with van der Waals surface area (Å²) in [5.41, 5.74) is -1.53. The van der Waals surface area contributed by atoms with Gasteiger partial charge in [-0.25, -0.2) is 4.79 Å². The SMILES string of the molecule is COc1cc(NC(=O)CCN(C)[C@H]2CC[C@](C)(OC(=O)C(O)(c3cccs3)c3cccs3)CC2)c(Cl)cc1CO. The van der Waals surface area contributed by atoms with Crippen molar-refractivity contribution < 1.29 is 29.3 Å². The van der Waals surface area contributed by atoms with E-state index < -0.39 is 17.2 Å². The Labute approximate surface area is 247 Å². The second kappa shape index (κ2) is 13.0. The molecule has 0 atom stereocenters. The molecule has 40 heavy (non-hydrogen) atoms. The quantitative estimate of drug-likeness (QED) is 0.251. The summed E-state index contributed by atoms with van der Waals surface area (Å²) in [6.07, 6.45) is 3.16. The van der Waals surface area contributed by atoms with Crippen LogP contribution in [0.3, 0.4) is 0 Å². The molecule has 1 aromatic carbocycles. The van der Waals surface area contributed by atoms with E-state index in [0.29, 0.717) is 51.2 Å². The van der Waals surface area contributed by atoms with Crippen LogP contribution in [0.15, 0.2) is 47.2 Å². The number of halogens is 1. The number of esters is 1. The third kappa shape index (κ3) is 6.70. The number of aliphatic hydroxyl groups excluding tert-OH is 1. The Kier molecular flexibility index (Phi) is 9.92. The lowest BCUT2D eigenvalue weighted by atomic mass is 9.82. The van der Waals surface area contributed by atoms with Gasteiger partial charge in [-0.1, -0.05) is 23.7 Å². The molecule has 1 amide bonds. The number of rotatable bonds is 11. The van der Waals surface area contributed by atoms with Gasteiger partial charge in [-0.3, -0.25) is 4.79 Å². The smallest absolute Gasteiger partial charge is 0.349 e. The van der Waals surface area contributed by atoms with E-state index in [9.17, 15) is 19.8 Å². The lowest BCUT2D eigenvalue weighted by molar-refractivity contribution is -0.180. The molecule has 0 radical (unpaired) electrons. The molecule has 4 rings (SSSR count). The number of nitrogens with one attached hydrogen (secondary N) is 1. The number of anilines is 1. The first-order valence-electron chi connectivity index (χ1n) is 13.1. The summed E-state index contributed by atoms with van der Waals surface area (Å²) >= 11 is 8.93. The van der Waals surface area contributed by atoms with Crippen LogP contribution in [0.1, 0.15) is 54.3 Å². The predicted molar refractivity (Wildman–Crippen MR) is 158 cm³/mol. The number of thiophene rings is 2. The number of methoxy groups -OCH3 is 1. The fraction of sp³-hybridized carbons (Fsp3) is 0.448. The number of carbonyl (C=O) groups is 2. The first-order chi connectivity index (χ1) is 19.1. The Morgan fingerprint density at radius 3 is 2.33 bits per heavy atom. The number of ether oxygens (including phenoxy) is 2. The van der Waals surface area contributed by atoms with Crippen LogP contribution >= 0.6 is 34.3 Å². The van der Waals surface area contributed by atoms with Crippen molar-refractivity contribution in [3.63, 3.8) is 0 Å². The number of hydrogen-bond acceptors (Lipinski definition) is 9. The molecule has 1 fully saturated rings. The molecular weight excluding hydrogens is 572 g/mol. The van der Waals surface area contributed by atoms with Crippen LogP contribution in [0, 0.1) is 0 Å². The first kappa shape index (κ1) is 30.5. The van der Waals surface area contributed by atoms with Crippen molar-refractivity contribution in [2.45, 2.75) is 62.9 Å². The minimum Gasteiger partial charge on any atom is -0.496 e. The van der Waals surface area contributed by atoms with Crippen molar-refractivity contribution in [2.75, 3.05) is 26.0 Å². The number of carbonyl (C=O) groups excluding carboxylic acids is 2. The molecule has 0 spiro atoms. The van der Waals surface area contributed by atoms with Gasteiger partial charge in [0.1, 0.15) is 11.4 Å². The average molecular weight is 607 g/mol. The molecule has 1 saturated carbocycles. The standard InChI is InChI=1S/C29H35ClN2O6S2/c1-28(38-27(35)29(36,24-6-4-14-39-24)25-7-5-15-40-25)11-8-20(9-12-28)32(2)13-10-26(34)31-22-17-23(37-3)19(18-33)16-21(22)30/h4-7,14-17,20,33,36H,8-13,18H2,1-3H3,(H,31,34)/t20-,28-. The summed E-state index contributed by atoms with van der Waals surface area (Å²) in [4.78, 5) is 29.3. The summed E-state index contributed by atoms with van der Waals surface area (Å²) < 4.78 is 11.3. The van der Waals surface area contributed by atoms with Crippen LogP contribution in [-0.4, -0.2) is 59.3 Å². The monoisotopic (exact) mass is 606 g/mol. The molecule has 0 bridgehead atoms. The van der Waals surface area contributed by atoms with Gasteiger partial charge in [-0.15, -0.1) is 22.7 Å². The van der Waals surface area contributed by atoms with Crippen molar-refractivity contribution in [3.05, 3.63) is 67.5 Å². The first-order valence-corrected chi connectivity index (χ1v) is 15.2. The summed E-state index contributed by atoms with van der Waals surface area (Å²) in [6.45, 7) is 2.26. The zero-order valence-corrected chi connectivity index (χ0v) is 25.2. The molecule has 3 aromatic rings. The fourth-order valence-corrected chi connectivity index (χ4v) is 6.97.